The van der Waals surface area contributed by atoms with E-state index in [0.717, 1.165) is 27.7 Å². The van der Waals surface area contributed by atoms with Crippen LogP contribution in [-0.4, -0.2) is 16.2 Å². The highest BCUT2D eigenvalue weighted by Crippen LogP contribution is 2.29. The highest BCUT2D eigenvalue weighted by atomic mass is 35.5. The summed E-state index contributed by atoms with van der Waals surface area (Å²) in [5.74, 6) is 0.438. The number of nitrogens with one attached hydrogen (secondary N) is 1. The van der Waals surface area contributed by atoms with E-state index in [1.807, 2.05) is 60.7 Å². The van der Waals surface area contributed by atoms with E-state index in [0.29, 0.717) is 11.0 Å². The summed E-state index contributed by atoms with van der Waals surface area (Å²) in [7, 11) is 0. The summed E-state index contributed by atoms with van der Waals surface area (Å²) < 4.78 is 0. The maximum Gasteiger partial charge on any atom is 0.244 e. The molecule has 0 atom stereocenters. The van der Waals surface area contributed by atoms with E-state index in [2.05, 4.69) is 39.6 Å². The molecule has 0 saturated carbocycles. The monoisotopic (exact) mass is 372 g/mol. The molecule has 1 N–H and O–H groups in total. The van der Waals surface area contributed by atoms with Crippen LogP contribution in [0.2, 0.25) is 5.02 Å². The average Bonchev–Trinajstić information content (AvgIpc) is 2.68. The predicted molar refractivity (Wildman–Crippen MR) is 112 cm³/mol. The van der Waals surface area contributed by atoms with Gasteiger partial charge >= 0.3 is 0 Å². The largest absolute Gasteiger partial charge is 0.245 e. The third-order valence-electron chi connectivity index (χ3n) is 4.13. The summed E-state index contributed by atoms with van der Waals surface area (Å²) in [5.41, 5.74) is 7.76. The van der Waals surface area contributed by atoms with Crippen molar-refractivity contribution in [2.45, 2.75) is 6.92 Å². The van der Waals surface area contributed by atoms with E-state index in [1.54, 1.807) is 6.21 Å². The second kappa shape index (κ2) is 7.56. The fraction of sp³-hybridized carbons (Fsp3) is 0.0455. The molecule has 4 rings (SSSR count). The SMILES string of the molecule is Cc1cccc(/C=N/Nc2nc(-c3ccccc3)c3cc(Cl)ccc3n2)c1. The predicted octanol–water partition coefficient (Wildman–Crippen LogP) is 5.70. The Balaban J connectivity index is 1.72. The fourth-order valence-electron chi connectivity index (χ4n) is 2.88. The van der Waals surface area contributed by atoms with Crippen molar-refractivity contribution < 1.29 is 0 Å². The first kappa shape index (κ1) is 17.2. The minimum absolute atomic E-state index is 0.438. The molecule has 4 nitrogen and oxygen atoms in total. The Labute approximate surface area is 162 Å². The lowest BCUT2D eigenvalue weighted by Gasteiger charge is -2.09. The number of rotatable bonds is 4. The van der Waals surface area contributed by atoms with Crippen LogP contribution in [0.4, 0.5) is 5.95 Å². The van der Waals surface area contributed by atoms with Crippen molar-refractivity contribution in [2.24, 2.45) is 5.10 Å². The van der Waals surface area contributed by atoms with Gasteiger partial charge in [0.05, 0.1) is 17.4 Å². The van der Waals surface area contributed by atoms with Crippen molar-refractivity contribution in [1.29, 1.82) is 0 Å². The van der Waals surface area contributed by atoms with Crippen LogP contribution in [0.25, 0.3) is 22.2 Å². The fourth-order valence-corrected chi connectivity index (χ4v) is 3.05. The van der Waals surface area contributed by atoms with E-state index in [9.17, 15) is 0 Å². The van der Waals surface area contributed by atoms with Crippen molar-refractivity contribution >= 4 is 34.7 Å². The molecular formula is C22H17ClN4. The van der Waals surface area contributed by atoms with E-state index in [1.165, 1.54) is 5.56 Å². The summed E-state index contributed by atoms with van der Waals surface area (Å²) in [5, 5.41) is 5.84. The van der Waals surface area contributed by atoms with Crippen LogP contribution in [0.1, 0.15) is 11.1 Å². The minimum atomic E-state index is 0.438. The molecule has 0 bridgehead atoms. The number of fused-ring (bicyclic) bond motifs is 1. The highest BCUT2D eigenvalue weighted by Gasteiger charge is 2.10. The molecule has 3 aromatic carbocycles. The average molecular weight is 373 g/mol. The Bertz CT molecular complexity index is 1120. The molecule has 4 aromatic rings. The first-order chi connectivity index (χ1) is 13.2. The number of benzene rings is 3. The second-order valence-electron chi connectivity index (χ2n) is 6.21. The molecule has 0 unspecified atom stereocenters. The lowest BCUT2D eigenvalue weighted by atomic mass is 10.1. The zero-order chi connectivity index (χ0) is 18.6. The normalized spacial score (nSPS) is 11.2. The van der Waals surface area contributed by atoms with Crippen LogP contribution in [0.15, 0.2) is 77.9 Å². The molecular weight excluding hydrogens is 356 g/mol. The molecule has 0 radical (unpaired) electrons. The minimum Gasteiger partial charge on any atom is -0.245 e. The Morgan fingerprint density at radius 3 is 2.59 bits per heavy atom. The van der Waals surface area contributed by atoms with Gasteiger partial charge in [-0.15, -0.1) is 0 Å². The van der Waals surface area contributed by atoms with Crippen molar-refractivity contribution in [3.63, 3.8) is 0 Å². The molecule has 0 saturated heterocycles. The number of nitrogens with zero attached hydrogens (tertiary/aromatic N) is 3. The van der Waals surface area contributed by atoms with Crippen molar-refractivity contribution in [3.05, 3.63) is 88.9 Å². The lowest BCUT2D eigenvalue weighted by molar-refractivity contribution is 1.16. The van der Waals surface area contributed by atoms with Gasteiger partial charge < -0.3 is 0 Å². The smallest absolute Gasteiger partial charge is 0.244 e. The van der Waals surface area contributed by atoms with Gasteiger partial charge in [0.15, 0.2) is 0 Å². The van der Waals surface area contributed by atoms with Gasteiger partial charge in [-0.2, -0.15) is 5.10 Å². The van der Waals surface area contributed by atoms with Gasteiger partial charge in [-0.25, -0.2) is 15.4 Å². The molecule has 0 amide bonds. The molecule has 5 heteroatoms. The summed E-state index contributed by atoms with van der Waals surface area (Å²) >= 11 is 6.19. The number of halogens is 1. The molecule has 0 aliphatic heterocycles. The van der Waals surface area contributed by atoms with Crippen LogP contribution in [0, 0.1) is 6.92 Å². The lowest BCUT2D eigenvalue weighted by Crippen LogP contribution is -2.00. The molecule has 0 aliphatic rings. The van der Waals surface area contributed by atoms with Gasteiger partial charge in [-0.3, -0.25) is 0 Å². The van der Waals surface area contributed by atoms with Gasteiger partial charge in [0.2, 0.25) is 5.95 Å². The van der Waals surface area contributed by atoms with Crippen LogP contribution in [0.5, 0.6) is 0 Å². The van der Waals surface area contributed by atoms with Crippen LogP contribution < -0.4 is 5.43 Å². The van der Waals surface area contributed by atoms with Crippen molar-refractivity contribution in [2.75, 3.05) is 5.43 Å². The number of hydrogen-bond acceptors (Lipinski definition) is 4. The highest BCUT2D eigenvalue weighted by molar-refractivity contribution is 6.31. The van der Waals surface area contributed by atoms with Crippen LogP contribution >= 0.6 is 11.6 Å². The zero-order valence-corrected chi connectivity index (χ0v) is 15.5. The maximum absolute atomic E-state index is 6.19. The Morgan fingerprint density at radius 1 is 0.926 bits per heavy atom. The van der Waals surface area contributed by atoms with Crippen molar-refractivity contribution in [3.8, 4) is 11.3 Å². The first-order valence-electron chi connectivity index (χ1n) is 8.57. The second-order valence-corrected chi connectivity index (χ2v) is 6.64. The zero-order valence-electron chi connectivity index (χ0n) is 14.7. The Kier molecular flexibility index (Phi) is 4.81. The van der Waals surface area contributed by atoms with Gasteiger partial charge in [-0.1, -0.05) is 71.8 Å². The van der Waals surface area contributed by atoms with E-state index < -0.39 is 0 Å². The van der Waals surface area contributed by atoms with E-state index in [-0.39, 0.29) is 0 Å². The summed E-state index contributed by atoms with van der Waals surface area (Å²) in [6.07, 6.45) is 1.75. The standard InChI is InChI=1S/C22H17ClN4/c1-15-6-5-7-16(12-15)14-24-27-22-25-20-11-10-18(23)13-19(20)21(26-22)17-8-3-2-4-9-17/h2-14H,1H3,(H,25,26,27)/b24-14+. The van der Waals surface area contributed by atoms with Crippen molar-refractivity contribution in [1.82, 2.24) is 9.97 Å². The van der Waals surface area contributed by atoms with Crippen LogP contribution in [-0.2, 0) is 0 Å². The summed E-state index contributed by atoms with van der Waals surface area (Å²) in [6, 6.07) is 23.7. The molecule has 0 spiro atoms. The van der Waals surface area contributed by atoms with Gasteiger partial charge in [-0.05, 0) is 30.7 Å². The first-order valence-corrected chi connectivity index (χ1v) is 8.95. The van der Waals surface area contributed by atoms with Crippen LogP contribution in [0.3, 0.4) is 0 Å². The molecule has 0 fully saturated rings. The molecule has 27 heavy (non-hydrogen) atoms. The third kappa shape index (κ3) is 3.96. The molecule has 132 valence electrons. The number of hydrogen-bond donors (Lipinski definition) is 1. The Morgan fingerprint density at radius 2 is 1.78 bits per heavy atom. The third-order valence-corrected chi connectivity index (χ3v) is 4.36. The maximum atomic E-state index is 6.19. The number of aromatic nitrogens is 2. The van der Waals surface area contributed by atoms with Gasteiger partial charge in [0.1, 0.15) is 0 Å². The number of aryl methyl sites for hydroxylation is 1. The Hall–Kier alpha value is -3.24. The topological polar surface area (TPSA) is 50.2 Å². The van der Waals surface area contributed by atoms with Gasteiger partial charge in [0.25, 0.3) is 0 Å². The molecule has 0 aliphatic carbocycles. The summed E-state index contributed by atoms with van der Waals surface area (Å²) in [6.45, 7) is 2.05. The molecule has 1 heterocycles. The van der Waals surface area contributed by atoms with Gasteiger partial charge in [0, 0.05) is 16.0 Å². The quantitative estimate of drug-likeness (QED) is 0.369. The van der Waals surface area contributed by atoms with E-state index >= 15 is 0 Å². The number of anilines is 1. The van der Waals surface area contributed by atoms with E-state index in [4.69, 9.17) is 11.6 Å². The summed E-state index contributed by atoms with van der Waals surface area (Å²) in [4.78, 5) is 9.22. The number of hydrazone groups is 1. The molecule has 1 aromatic heterocycles.